The summed E-state index contributed by atoms with van der Waals surface area (Å²) in [6, 6.07) is 13.8. The van der Waals surface area contributed by atoms with Crippen molar-refractivity contribution < 1.29 is 9.53 Å². The van der Waals surface area contributed by atoms with Gasteiger partial charge < -0.3 is 10.1 Å². The molecule has 104 valence electrons. The summed E-state index contributed by atoms with van der Waals surface area (Å²) in [5.41, 5.74) is 4.27. The highest BCUT2D eigenvalue weighted by Gasteiger charge is 2.06. The number of nitrogens with one attached hydrogen (secondary N) is 1. The summed E-state index contributed by atoms with van der Waals surface area (Å²) >= 11 is 0. The first-order valence-electron chi connectivity index (χ1n) is 6.62. The highest BCUT2D eigenvalue weighted by Crippen LogP contribution is 2.25. The van der Waals surface area contributed by atoms with Crippen LogP contribution in [0, 0.1) is 13.8 Å². The minimum absolute atomic E-state index is 0.104. The Morgan fingerprint density at radius 3 is 2.65 bits per heavy atom. The molecule has 1 N–H and O–H groups in total. The number of amides is 1. The summed E-state index contributed by atoms with van der Waals surface area (Å²) in [6.45, 7) is 6.11. The number of hydrogen-bond donors (Lipinski definition) is 1. The molecule has 0 radical (unpaired) electrons. The van der Waals surface area contributed by atoms with Crippen molar-refractivity contribution in [2.24, 2.45) is 0 Å². The van der Waals surface area contributed by atoms with Gasteiger partial charge in [-0.25, -0.2) is 0 Å². The molecule has 2 aromatic carbocycles. The van der Waals surface area contributed by atoms with E-state index >= 15 is 0 Å². The molecular formula is C17H19NO2. The highest BCUT2D eigenvalue weighted by atomic mass is 16.5. The number of anilines is 1. The highest BCUT2D eigenvalue weighted by molar-refractivity contribution is 5.90. The molecule has 0 fully saturated rings. The van der Waals surface area contributed by atoms with Gasteiger partial charge in [0.05, 0.1) is 5.69 Å². The van der Waals surface area contributed by atoms with Crippen LogP contribution >= 0.6 is 0 Å². The van der Waals surface area contributed by atoms with Crippen LogP contribution in [-0.2, 0) is 11.4 Å². The van der Waals surface area contributed by atoms with E-state index in [-0.39, 0.29) is 5.91 Å². The average Bonchev–Trinajstić information content (AvgIpc) is 2.41. The van der Waals surface area contributed by atoms with Crippen LogP contribution < -0.4 is 10.1 Å². The summed E-state index contributed by atoms with van der Waals surface area (Å²) in [7, 11) is 0. The van der Waals surface area contributed by atoms with Gasteiger partial charge in [-0.3, -0.25) is 4.79 Å². The van der Waals surface area contributed by atoms with Gasteiger partial charge in [0.15, 0.2) is 0 Å². The second-order valence-electron chi connectivity index (χ2n) is 4.90. The van der Waals surface area contributed by atoms with E-state index in [0.717, 1.165) is 5.56 Å². The molecule has 0 saturated heterocycles. The number of hydrogen-bond acceptors (Lipinski definition) is 2. The minimum atomic E-state index is -0.104. The largest absolute Gasteiger partial charge is 0.487 e. The van der Waals surface area contributed by atoms with Gasteiger partial charge in [0, 0.05) is 6.92 Å². The lowest BCUT2D eigenvalue weighted by Gasteiger charge is -2.13. The van der Waals surface area contributed by atoms with E-state index < -0.39 is 0 Å². The van der Waals surface area contributed by atoms with Crippen LogP contribution in [0.4, 0.5) is 5.69 Å². The SMILES string of the molecule is CC(=O)Nc1ccccc1OCc1cc(C)ccc1C. The summed E-state index contributed by atoms with van der Waals surface area (Å²) in [6.07, 6.45) is 0. The van der Waals surface area contributed by atoms with Gasteiger partial charge >= 0.3 is 0 Å². The maximum absolute atomic E-state index is 11.2. The lowest BCUT2D eigenvalue weighted by Crippen LogP contribution is -2.08. The number of carbonyl (C=O) groups is 1. The smallest absolute Gasteiger partial charge is 0.221 e. The second kappa shape index (κ2) is 6.24. The molecule has 3 nitrogen and oxygen atoms in total. The molecule has 0 heterocycles. The van der Waals surface area contributed by atoms with Gasteiger partial charge in [-0.1, -0.05) is 35.9 Å². The predicted octanol–water partition coefficient (Wildman–Crippen LogP) is 3.84. The lowest BCUT2D eigenvalue weighted by molar-refractivity contribution is -0.114. The normalized spacial score (nSPS) is 10.2. The number of para-hydroxylation sites is 2. The monoisotopic (exact) mass is 269 g/mol. The van der Waals surface area contributed by atoms with Crippen molar-refractivity contribution in [1.29, 1.82) is 0 Å². The number of benzene rings is 2. The number of aryl methyl sites for hydroxylation is 2. The molecule has 1 amide bonds. The van der Waals surface area contributed by atoms with Crippen molar-refractivity contribution >= 4 is 11.6 Å². The molecule has 0 aliphatic rings. The molecule has 3 heteroatoms. The summed E-state index contributed by atoms with van der Waals surface area (Å²) < 4.78 is 5.85. The maximum Gasteiger partial charge on any atom is 0.221 e. The molecule has 20 heavy (non-hydrogen) atoms. The standard InChI is InChI=1S/C17H19NO2/c1-12-8-9-13(2)15(10-12)11-20-17-7-5-4-6-16(17)18-14(3)19/h4-10H,11H2,1-3H3,(H,18,19). The summed E-state index contributed by atoms with van der Waals surface area (Å²) in [5, 5.41) is 2.77. The third kappa shape index (κ3) is 3.60. The third-order valence-corrected chi connectivity index (χ3v) is 3.09. The topological polar surface area (TPSA) is 38.3 Å². The molecule has 0 aromatic heterocycles. The fourth-order valence-corrected chi connectivity index (χ4v) is 2.00. The van der Waals surface area contributed by atoms with Crippen molar-refractivity contribution in [2.75, 3.05) is 5.32 Å². The number of ether oxygens (including phenoxy) is 1. The first-order chi connectivity index (χ1) is 9.56. The third-order valence-electron chi connectivity index (χ3n) is 3.09. The molecule has 0 aliphatic carbocycles. The van der Waals surface area contributed by atoms with Crippen LogP contribution in [0.15, 0.2) is 42.5 Å². The fourth-order valence-electron chi connectivity index (χ4n) is 2.00. The van der Waals surface area contributed by atoms with Crippen molar-refractivity contribution in [3.8, 4) is 5.75 Å². The van der Waals surface area contributed by atoms with Crippen LogP contribution in [0.5, 0.6) is 5.75 Å². The molecule has 0 saturated carbocycles. The van der Waals surface area contributed by atoms with Gasteiger partial charge in [0.25, 0.3) is 0 Å². The Hall–Kier alpha value is -2.29. The summed E-state index contributed by atoms with van der Waals surface area (Å²) in [5.74, 6) is 0.580. The van der Waals surface area contributed by atoms with Gasteiger partial charge in [0.2, 0.25) is 5.91 Å². The quantitative estimate of drug-likeness (QED) is 0.915. The number of rotatable bonds is 4. The van der Waals surface area contributed by atoms with Crippen molar-refractivity contribution in [3.05, 3.63) is 59.2 Å². The van der Waals surface area contributed by atoms with E-state index in [1.165, 1.54) is 18.1 Å². The Morgan fingerprint density at radius 1 is 1.15 bits per heavy atom. The van der Waals surface area contributed by atoms with Crippen LogP contribution in [0.25, 0.3) is 0 Å². The van der Waals surface area contributed by atoms with Crippen LogP contribution in [0.1, 0.15) is 23.6 Å². The Balaban J connectivity index is 2.14. The van der Waals surface area contributed by atoms with Gasteiger partial charge in [0.1, 0.15) is 12.4 Å². The lowest BCUT2D eigenvalue weighted by atomic mass is 10.1. The summed E-state index contributed by atoms with van der Waals surface area (Å²) in [4.78, 5) is 11.2. The van der Waals surface area contributed by atoms with E-state index in [1.54, 1.807) is 0 Å². The van der Waals surface area contributed by atoms with Gasteiger partial charge in [-0.15, -0.1) is 0 Å². The molecule has 0 atom stereocenters. The van der Waals surface area contributed by atoms with Crippen LogP contribution in [0.3, 0.4) is 0 Å². The second-order valence-corrected chi connectivity index (χ2v) is 4.90. The van der Waals surface area contributed by atoms with E-state index in [0.29, 0.717) is 18.0 Å². The van der Waals surface area contributed by atoms with Crippen molar-refractivity contribution in [3.63, 3.8) is 0 Å². The van der Waals surface area contributed by atoms with Crippen molar-refractivity contribution in [2.45, 2.75) is 27.4 Å². The number of carbonyl (C=O) groups excluding carboxylic acids is 1. The molecule has 0 bridgehead atoms. The van der Waals surface area contributed by atoms with Crippen LogP contribution in [0.2, 0.25) is 0 Å². The zero-order valence-electron chi connectivity index (χ0n) is 12.1. The molecular weight excluding hydrogens is 250 g/mol. The minimum Gasteiger partial charge on any atom is -0.487 e. The molecule has 2 rings (SSSR count). The van der Waals surface area contributed by atoms with Gasteiger partial charge in [-0.05, 0) is 37.1 Å². The van der Waals surface area contributed by atoms with E-state index in [9.17, 15) is 4.79 Å². The van der Waals surface area contributed by atoms with Gasteiger partial charge in [-0.2, -0.15) is 0 Å². The fraction of sp³-hybridized carbons (Fsp3) is 0.235. The first kappa shape index (κ1) is 14.1. The molecule has 0 spiro atoms. The van der Waals surface area contributed by atoms with E-state index in [4.69, 9.17) is 4.74 Å². The van der Waals surface area contributed by atoms with E-state index in [1.807, 2.05) is 24.3 Å². The Labute approximate surface area is 119 Å². The Bertz CT molecular complexity index is 620. The molecule has 0 aliphatic heterocycles. The Kier molecular flexibility index (Phi) is 4.41. The molecule has 0 unspecified atom stereocenters. The first-order valence-corrected chi connectivity index (χ1v) is 6.62. The maximum atomic E-state index is 11.2. The van der Waals surface area contributed by atoms with Crippen molar-refractivity contribution in [1.82, 2.24) is 0 Å². The molecule has 2 aromatic rings. The van der Waals surface area contributed by atoms with E-state index in [2.05, 4.69) is 37.4 Å². The zero-order valence-corrected chi connectivity index (χ0v) is 12.1. The Morgan fingerprint density at radius 2 is 1.90 bits per heavy atom. The zero-order chi connectivity index (χ0) is 14.5. The van der Waals surface area contributed by atoms with Crippen LogP contribution in [-0.4, -0.2) is 5.91 Å². The average molecular weight is 269 g/mol. The predicted molar refractivity (Wildman–Crippen MR) is 81.0 cm³/mol.